The first-order valence-electron chi connectivity index (χ1n) is 3.27. The van der Waals surface area contributed by atoms with Crippen molar-refractivity contribution in [3.63, 3.8) is 0 Å². The van der Waals surface area contributed by atoms with Gasteiger partial charge in [0.15, 0.2) is 0 Å². The maximum Gasteiger partial charge on any atom is 0.0555 e. The third-order valence-corrected chi connectivity index (χ3v) is 1.90. The second-order valence-electron chi connectivity index (χ2n) is 2.01. The SMILES string of the molecule is NCC#Cc1ccc(I)cc1. The van der Waals surface area contributed by atoms with Crippen molar-refractivity contribution in [3.05, 3.63) is 33.4 Å². The summed E-state index contributed by atoms with van der Waals surface area (Å²) in [6, 6.07) is 8.04. The van der Waals surface area contributed by atoms with Crippen molar-refractivity contribution in [2.45, 2.75) is 0 Å². The van der Waals surface area contributed by atoms with Crippen molar-refractivity contribution in [1.29, 1.82) is 0 Å². The monoisotopic (exact) mass is 257 g/mol. The molecule has 0 spiro atoms. The zero-order chi connectivity index (χ0) is 8.10. The Hall–Kier alpha value is -0.530. The molecule has 1 rings (SSSR count). The largest absolute Gasteiger partial charge is 0.320 e. The van der Waals surface area contributed by atoms with Crippen LogP contribution < -0.4 is 5.73 Å². The van der Waals surface area contributed by atoms with Crippen molar-refractivity contribution in [1.82, 2.24) is 0 Å². The predicted octanol–water partition coefficient (Wildman–Crippen LogP) is 1.60. The molecule has 0 bridgehead atoms. The van der Waals surface area contributed by atoms with Crippen molar-refractivity contribution in [3.8, 4) is 11.8 Å². The van der Waals surface area contributed by atoms with Crippen LogP contribution in [0.15, 0.2) is 24.3 Å². The molecule has 2 heteroatoms. The van der Waals surface area contributed by atoms with Crippen LogP contribution >= 0.6 is 22.6 Å². The fourth-order valence-corrected chi connectivity index (χ4v) is 1.05. The Morgan fingerprint density at radius 1 is 1.27 bits per heavy atom. The standard InChI is InChI=1S/C9H8IN/c10-9-5-3-8(4-6-9)2-1-7-11/h3-6H,7,11H2. The molecule has 0 radical (unpaired) electrons. The summed E-state index contributed by atoms with van der Waals surface area (Å²) in [5, 5.41) is 0. The third kappa shape index (κ3) is 2.91. The lowest BCUT2D eigenvalue weighted by molar-refractivity contribution is 1.30. The van der Waals surface area contributed by atoms with Gasteiger partial charge in [-0.3, -0.25) is 0 Å². The summed E-state index contributed by atoms with van der Waals surface area (Å²) >= 11 is 2.26. The molecule has 0 aliphatic carbocycles. The van der Waals surface area contributed by atoms with Gasteiger partial charge in [0.05, 0.1) is 6.54 Å². The molecule has 1 aromatic carbocycles. The van der Waals surface area contributed by atoms with Crippen LogP contribution in [0.5, 0.6) is 0 Å². The van der Waals surface area contributed by atoms with Gasteiger partial charge in [0, 0.05) is 9.13 Å². The van der Waals surface area contributed by atoms with Gasteiger partial charge in [-0.15, -0.1) is 0 Å². The summed E-state index contributed by atoms with van der Waals surface area (Å²) in [6.07, 6.45) is 0. The van der Waals surface area contributed by atoms with Crippen LogP contribution in [0.3, 0.4) is 0 Å². The molecule has 0 unspecified atom stereocenters. The van der Waals surface area contributed by atoms with Gasteiger partial charge in [0.25, 0.3) is 0 Å². The van der Waals surface area contributed by atoms with Crippen LogP contribution in [0.4, 0.5) is 0 Å². The molecule has 1 nitrogen and oxygen atoms in total. The van der Waals surface area contributed by atoms with E-state index in [0.29, 0.717) is 6.54 Å². The topological polar surface area (TPSA) is 26.0 Å². The fourth-order valence-electron chi connectivity index (χ4n) is 0.686. The Labute approximate surface area is 80.1 Å². The lowest BCUT2D eigenvalue weighted by Crippen LogP contribution is -1.92. The summed E-state index contributed by atoms with van der Waals surface area (Å²) in [5.41, 5.74) is 6.26. The Balaban J connectivity index is 2.82. The number of rotatable bonds is 0. The predicted molar refractivity (Wildman–Crippen MR) is 55.1 cm³/mol. The van der Waals surface area contributed by atoms with E-state index in [-0.39, 0.29) is 0 Å². The molecule has 1 aromatic rings. The molecule has 56 valence electrons. The van der Waals surface area contributed by atoms with E-state index in [0.717, 1.165) is 5.56 Å². The summed E-state index contributed by atoms with van der Waals surface area (Å²) in [6.45, 7) is 0.423. The quantitative estimate of drug-likeness (QED) is 0.554. The zero-order valence-corrected chi connectivity index (χ0v) is 8.13. The first kappa shape index (κ1) is 8.57. The molecule has 0 heterocycles. The molecule has 11 heavy (non-hydrogen) atoms. The van der Waals surface area contributed by atoms with Crippen LogP contribution in [-0.2, 0) is 0 Å². The minimum absolute atomic E-state index is 0.423. The minimum atomic E-state index is 0.423. The highest BCUT2D eigenvalue weighted by Gasteiger charge is 1.85. The lowest BCUT2D eigenvalue weighted by Gasteiger charge is -1.89. The maximum atomic E-state index is 5.23. The average Bonchev–Trinajstić information content (AvgIpc) is 2.04. The number of hydrogen-bond acceptors (Lipinski definition) is 1. The molecule has 0 aliphatic heterocycles. The second-order valence-corrected chi connectivity index (χ2v) is 3.26. The van der Waals surface area contributed by atoms with E-state index in [1.54, 1.807) is 0 Å². The molecule has 2 N–H and O–H groups in total. The van der Waals surface area contributed by atoms with Crippen molar-refractivity contribution < 1.29 is 0 Å². The van der Waals surface area contributed by atoms with Crippen LogP contribution in [0.25, 0.3) is 0 Å². The van der Waals surface area contributed by atoms with E-state index in [2.05, 4.69) is 34.4 Å². The Kier molecular flexibility index (Phi) is 3.40. The lowest BCUT2D eigenvalue weighted by atomic mass is 10.2. The van der Waals surface area contributed by atoms with E-state index in [1.807, 2.05) is 24.3 Å². The zero-order valence-electron chi connectivity index (χ0n) is 5.97. The third-order valence-electron chi connectivity index (χ3n) is 1.18. The summed E-state index contributed by atoms with van der Waals surface area (Å²) < 4.78 is 1.22. The van der Waals surface area contributed by atoms with Crippen molar-refractivity contribution in [2.24, 2.45) is 5.73 Å². The highest BCUT2D eigenvalue weighted by Crippen LogP contribution is 2.04. The number of benzene rings is 1. The molecule has 0 fully saturated rings. The van der Waals surface area contributed by atoms with Gasteiger partial charge in [-0.25, -0.2) is 0 Å². The van der Waals surface area contributed by atoms with E-state index in [4.69, 9.17) is 5.73 Å². The Morgan fingerprint density at radius 3 is 2.45 bits per heavy atom. The fraction of sp³-hybridized carbons (Fsp3) is 0.111. The van der Waals surface area contributed by atoms with Gasteiger partial charge in [0.2, 0.25) is 0 Å². The first-order valence-corrected chi connectivity index (χ1v) is 4.35. The molecule has 0 saturated carbocycles. The van der Waals surface area contributed by atoms with Gasteiger partial charge in [-0.2, -0.15) is 0 Å². The van der Waals surface area contributed by atoms with Gasteiger partial charge in [-0.1, -0.05) is 11.8 Å². The molecule has 0 aliphatic rings. The van der Waals surface area contributed by atoms with Crippen LogP contribution in [-0.4, -0.2) is 6.54 Å². The maximum absolute atomic E-state index is 5.23. The summed E-state index contributed by atoms with van der Waals surface area (Å²) in [5.74, 6) is 5.75. The normalized spacial score (nSPS) is 8.55. The number of nitrogens with two attached hydrogens (primary N) is 1. The van der Waals surface area contributed by atoms with Crippen molar-refractivity contribution in [2.75, 3.05) is 6.54 Å². The molecule has 0 atom stereocenters. The molecular formula is C9H8IN. The Bertz CT molecular complexity index is 279. The number of hydrogen-bond donors (Lipinski definition) is 1. The van der Waals surface area contributed by atoms with Gasteiger partial charge < -0.3 is 5.73 Å². The van der Waals surface area contributed by atoms with Crippen LogP contribution in [0, 0.1) is 15.4 Å². The minimum Gasteiger partial charge on any atom is -0.320 e. The van der Waals surface area contributed by atoms with Crippen LogP contribution in [0.1, 0.15) is 5.56 Å². The summed E-state index contributed by atoms with van der Waals surface area (Å²) in [4.78, 5) is 0. The van der Waals surface area contributed by atoms with Gasteiger partial charge >= 0.3 is 0 Å². The second kappa shape index (κ2) is 4.37. The average molecular weight is 257 g/mol. The van der Waals surface area contributed by atoms with Crippen molar-refractivity contribution >= 4 is 22.6 Å². The van der Waals surface area contributed by atoms with Gasteiger partial charge in [-0.05, 0) is 46.9 Å². The molecule has 0 aromatic heterocycles. The highest BCUT2D eigenvalue weighted by molar-refractivity contribution is 14.1. The molecule has 0 saturated heterocycles. The van der Waals surface area contributed by atoms with Crippen LogP contribution in [0.2, 0.25) is 0 Å². The van der Waals surface area contributed by atoms with E-state index in [1.165, 1.54) is 3.57 Å². The van der Waals surface area contributed by atoms with Gasteiger partial charge in [0.1, 0.15) is 0 Å². The summed E-state index contributed by atoms with van der Waals surface area (Å²) in [7, 11) is 0. The first-order chi connectivity index (χ1) is 5.33. The van der Waals surface area contributed by atoms with E-state index < -0.39 is 0 Å². The number of halogens is 1. The molecular weight excluding hydrogens is 249 g/mol. The smallest absolute Gasteiger partial charge is 0.0555 e. The Morgan fingerprint density at radius 2 is 1.91 bits per heavy atom. The highest BCUT2D eigenvalue weighted by atomic mass is 127. The van der Waals surface area contributed by atoms with E-state index in [9.17, 15) is 0 Å². The van der Waals surface area contributed by atoms with E-state index >= 15 is 0 Å². The molecule has 0 amide bonds.